The van der Waals surface area contributed by atoms with E-state index < -0.39 is 41.6 Å². The van der Waals surface area contributed by atoms with Crippen LogP contribution in [0.2, 0.25) is 5.02 Å². The average molecular weight is 478 g/mol. The largest absolute Gasteiger partial charge is 0.573 e. The van der Waals surface area contributed by atoms with E-state index in [1.54, 1.807) is 6.07 Å². The number of ether oxygens (including phenoxy) is 1. The van der Waals surface area contributed by atoms with Crippen molar-refractivity contribution in [3.8, 4) is 5.75 Å². The number of rotatable bonds is 5. The van der Waals surface area contributed by atoms with E-state index in [0.29, 0.717) is 16.1 Å². The lowest BCUT2D eigenvalue weighted by Crippen LogP contribution is -2.31. The molecule has 170 valence electrons. The fourth-order valence-electron chi connectivity index (χ4n) is 3.90. The minimum absolute atomic E-state index is 0.0740. The predicted molar refractivity (Wildman–Crippen MR) is 114 cm³/mol. The highest BCUT2D eigenvalue weighted by atomic mass is 35.5. The van der Waals surface area contributed by atoms with Crippen molar-refractivity contribution < 1.29 is 31.9 Å². The van der Waals surface area contributed by atoms with E-state index in [4.69, 9.17) is 11.6 Å². The van der Waals surface area contributed by atoms with E-state index in [1.807, 2.05) is 0 Å². The van der Waals surface area contributed by atoms with Crippen LogP contribution in [-0.4, -0.2) is 18.1 Å². The summed E-state index contributed by atoms with van der Waals surface area (Å²) in [4.78, 5) is 27.7. The molecule has 1 aliphatic heterocycles. The molecular weight excluding hydrogens is 462 g/mol. The van der Waals surface area contributed by atoms with Gasteiger partial charge in [-0.3, -0.25) is 9.59 Å². The van der Waals surface area contributed by atoms with Crippen LogP contribution in [0.4, 0.5) is 23.2 Å². The molecule has 1 saturated heterocycles. The summed E-state index contributed by atoms with van der Waals surface area (Å²) in [5.74, 6) is -2.97. The Morgan fingerprint density at radius 2 is 1.67 bits per heavy atom. The lowest BCUT2D eigenvalue weighted by Gasteiger charge is -2.25. The Balaban J connectivity index is 1.69. The number of anilines is 1. The third-order valence-corrected chi connectivity index (χ3v) is 5.59. The smallest absolute Gasteiger partial charge is 0.406 e. The summed E-state index contributed by atoms with van der Waals surface area (Å²) in [5, 5.41) is 0.435. The maximum absolute atomic E-state index is 13.9. The summed E-state index contributed by atoms with van der Waals surface area (Å²) in [6.07, 6.45) is -4.78. The maximum atomic E-state index is 13.9. The first-order chi connectivity index (χ1) is 15.6. The van der Waals surface area contributed by atoms with E-state index in [9.17, 15) is 27.2 Å². The van der Waals surface area contributed by atoms with Gasteiger partial charge in [0.2, 0.25) is 5.91 Å². The molecule has 0 saturated carbocycles. The van der Waals surface area contributed by atoms with Crippen molar-refractivity contribution in [2.75, 3.05) is 4.90 Å². The summed E-state index contributed by atoms with van der Waals surface area (Å²) in [6.45, 7) is 0. The fraction of sp³-hybridized carbons (Fsp3) is 0.167. The number of amides is 1. The first kappa shape index (κ1) is 22.8. The Morgan fingerprint density at radius 1 is 1.00 bits per heavy atom. The van der Waals surface area contributed by atoms with Gasteiger partial charge in [0, 0.05) is 16.3 Å². The zero-order chi connectivity index (χ0) is 23.8. The molecule has 0 aromatic heterocycles. The van der Waals surface area contributed by atoms with E-state index in [1.165, 1.54) is 59.5 Å². The number of halogens is 5. The second kappa shape index (κ2) is 8.86. The number of hydrogen-bond donors (Lipinski definition) is 0. The van der Waals surface area contributed by atoms with E-state index in [2.05, 4.69) is 4.74 Å². The molecule has 0 radical (unpaired) electrons. The topological polar surface area (TPSA) is 46.6 Å². The highest BCUT2D eigenvalue weighted by Crippen LogP contribution is 2.42. The number of benzene rings is 3. The van der Waals surface area contributed by atoms with E-state index in [0.717, 1.165) is 12.1 Å². The average Bonchev–Trinajstić information content (AvgIpc) is 3.10. The van der Waals surface area contributed by atoms with Gasteiger partial charge >= 0.3 is 6.36 Å². The molecule has 0 bridgehead atoms. The minimum atomic E-state index is -4.86. The molecule has 4 rings (SSSR count). The minimum Gasteiger partial charge on any atom is -0.406 e. The van der Waals surface area contributed by atoms with Gasteiger partial charge in [0.05, 0.1) is 6.04 Å². The van der Waals surface area contributed by atoms with Crippen molar-refractivity contribution in [3.63, 3.8) is 0 Å². The molecule has 1 fully saturated rings. The molecule has 3 aromatic rings. The molecular formula is C24H16ClF4NO3. The Morgan fingerprint density at radius 3 is 2.27 bits per heavy atom. The molecule has 0 aliphatic carbocycles. The summed E-state index contributed by atoms with van der Waals surface area (Å²) >= 11 is 5.88. The predicted octanol–water partition coefficient (Wildman–Crippen LogP) is 6.35. The Bertz CT molecular complexity index is 1180. The van der Waals surface area contributed by atoms with Crippen LogP contribution in [0, 0.1) is 11.7 Å². The van der Waals surface area contributed by atoms with Gasteiger partial charge in [0.15, 0.2) is 5.78 Å². The number of ketones is 1. The van der Waals surface area contributed by atoms with Crippen LogP contribution >= 0.6 is 11.6 Å². The number of Topliss-reactive ketones (excluding diaryl/α,β-unsaturated/α-hetero) is 1. The molecule has 33 heavy (non-hydrogen) atoms. The summed E-state index contributed by atoms with van der Waals surface area (Å²) in [7, 11) is 0. The number of hydrogen-bond acceptors (Lipinski definition) is 3. The van der Waals surface area contributed by atoms with Crippen LogP contribution in [0.15, 0.2) is 72.8 Å². The SMILES string of the molecule is O=C(c1ccc(Cl)cc1)C1CC(c2cccc(F)c2)N(c2ccc(OC(F)(F)F)cc2)C1=O. The van der Waals surface area contributed by atoms with Crippen molar-refractivity contribution >= 4 is 29.0 Å². The summed E-state index contributed by atoms with van der Waals surface area (Å²) in [6, 6.07) is 15.8. The Hall–Kier alpha value is -3.39. The van der Waals surface area contributed by atoms with Gasteiger partial charge in [-0.1, -0.05) is 23.7 Å². The maximum Gasteiger partial charge on any atom is 0.573 e. The molecule has 9 heteroatoms. The third kappa shape index (κ3) is 5.01. The van der Waals surface area contributed by atoms with Crippen molar-refractivity contribution in [3.05, 3.63) is 94.8 Å². The van der Waals surface area contributed by atoms with Crippen LogP contribution < -0.4 is 9.64 Å². The quantitative estimate of drug-likeness (QED) is 0.244. The molecule has 4 nitrogen and oxygen atoms in total. The zero-order valence-corrected chi connectivity index (χ0v) is 17.6. The van der Waals surface area contributed by atoms with Gasteiger partial charge < -0.3 is 9.64 Å². The van der Waals surface area contributed by atoms with Crippen LogP contribution in [0.5, 0.6) is 5.75 Å². The molecule has 2 atom stereocenters. The molecule has 1 amide bonds. The zero-order valence-electron chi connectivity index (χ0n) is 16.9. The first-order valence-corrected chi connectivity index (χ1v) is 10.2. The Labute approximate surface area is 191 Å². The number of nitrogens with zero attached hydrogens (tertiary/aromatic N) is 1. The molecule has 0 spiro atoms. The lowest BCUT2D eigenvalue weighted by atomic mass is 9.92. The third-order valence-electron chi connectivity index (χ3n) is 5.33. The second-order valence-corrected chi connectivity index (χ2v) is 7.92. The lowest BCUT2D eigenvalue weighted by molar-refractivity contribution is -0.274. The normalized spacial score (nSPS) is 18.5. The first-order valence-electron chi connectivity index (χ1n) is 9.86. The van der Waals surface area contributed by atoms with Gasteiger partial charge in [-0.05, 0) is 72.6 Å². The van der Waals surface area contributed by atoms with Crippen LogP contribution in [0.3, 0.4) is 0 Å². The molecule has 0 N–H and O–H groups in total. The van der Waals surface area contributed by atoms with Gasteiger partial charge in [-0.2, -0.15) is 0 Å². The van der Waals surface area contributed by atoms with Crippen molar-refractivity contribution in [2.45, 2.75) is 18.8 Å². The number of carbonyl (C=O) groups excluding carboxylic acids is 2. The van der Waals surface area contributed by atoms with Crippen molar-refractivity contribution in [1.82, 2.24) is 0 Å². The van der Waals surface area contributed by atoms with Gasteiger partial charge in [-0.15, -0.1) is 13.2 Å². The van der Waals surface area contributed by atoms with E-state index >= 15 is 0 Å². The molecule has 3 aromatic carbocycles. The van der Waals surface area contributed by atoms with E-state index in [-0.39, 0.29) is 12.1 Å². The van der Waals surface area contributed by atoms with Gasteiger partial charge in [0.25, 0.3) is 0 Å². The van der Waals surface area contributed by atoms with Crippen LogP contribution in [-0.2, 0) is 4.79 Å². The fourth-order valence-corrected chi connectivity index (χ4v) is 4.03. The highest BCUT2D eigenvalue weighted by molar-refractivity contribution is 6.30. The van der Waals surface area contributed by atoms with Crippen molar-refractivity contribution in [1.29, 1.82) is 0 Å². The second-order valence-electron chi connectivity index (χ2n) is 7.48. The molecule has 2 unspecified atom stereocenters. The molecule has 1 heterocycles. The number of alkyl halides is 3. The monoisotopic (exact) mass is 477 g/mol. The summed E-state index contributed by atoms with van der Waals surface area (Å²) in [5.41, 5.74) is 1.02. The highest BCUT2D eigenvalue weighted by Gasteiger charge is 2.45. The molecule has 1 aliphatic rings. The van der Waals surface area contributed by atoms with Gasteiger partial charge in [-0.25, -0.2) is 4.39 Å². The van der Waals surface area contributed by atoms with Crippen molar-refractivity contribution in [2.24, 2.45) is 5.92 Å². The number of carbonyl (C=O) groups is 2. The van der Waals surface area contributed by atoms with Gasteiger partial charge in [0.1, 0.15) is 17.5 Å². The summed E-state index contributed by atoms with van der Waals surface area (Å²) < 4.78 is 55.2. The standard InChI is InChI=1S/C24H16ClF4NO3/c25-16-6-4-14(5-7-16)22(31)20-13-21(15-2-1-3-17(26)12-15)30(23(20)32)18-8-10-19(11-9-18)33-24(27,28)29/h1-12,20-21H,13H2. The Kier molecular flexibility index (Phi) is 6.12. The van der Waals surface area contributed by atoms with Crippen LogP contribution in [0.25, 0.3) is 0 Å². The van der Waals surface area contributed by atoms with Crippen LogP contribution in [0.1, 0.15) is 28.4 Å².